The van der Waals surface area contributed by atoms with Crippen molar-refractivity contribution in [1.29, 1.82) is 0 Å². The smallest absolute Gasteiger partial charge is 0.173 e. The molecule has 0 spiro atoms. The summed E-state index contributed by atoms with van der Waals surface area (Å²) < 4.78 is 24.0. The number of hydrogen-bond donors (Lipinski definition) is 1. The second-order valence-corrected chi connectivity index (χ2v) is 3.91. The van der Waals surface area contributed by atoms with Gasteiger partial charge in [0.05, 0.1) is 17.7 Å². The Labute approximate surface area is 106 Å². The number of para-hydroxylation sites is 1. The van der Waals surface area contributed by atoms with Gasteiger partial charge in [-0.2, -0.15) is 0 Å². The molecule has 3 nitrogen and oxygen atoms in total. The Hall–Kier alpha value is -0.840. The van der Waals surface area contributed by atoms with Crippen LogP contribution in [0.2, 0.25) is 5.02 Å². The zero-order valence-electron chi connectivity index (χ0n) is 9.79. The lowest BCUT2D eigenvalue weighted by Crippen LogP contribution is -2.25. The van der Waals surface area contributed by atoms with E-state index in [1.165, 1.54) is 12.1 Å². The van der Waals surface area contributed by atoms with Gasteiger partial charge in [-0.1, -0.05) is 17.7 Å². The minimum absolute atomic E-state index is 0.0643. The normalized spacial score (nSPS) is 12.5. The van der Waals surface area contributed by atoms with Crippen LogP contribution in [0, 0.1) is 5.82 Å². The number of ether oxygens (including phenoxy) is 2. The van der Waals surface area contributed by atoms with E-state index in [1.807, 2.05) is 6.92 Å². The number of rotatable bonds is 7. The zero-order chi connectivity index (χ0) is 12.7. The number of hydrogen-bond acceptors (Lipinski definition) is 3. The van der Waals surface area contributed by atoms with Crippen molar-refractivity contribution in [3.8, 4) is 5.75 Å². The molecule has 0 amide bonds. The summed E-state index contributed by atoms with van der Waals surface area (Å²) in [5, 5.41) is 0.269. The van der Waals surface area contributed by atoms with Crippen LogP contribution in [0.15, 0.2) is 18.2 Å². The molecule has 0 aliphatic carbocycles. The van der Waals surface area contributed by atoms with Crippen LogP contribution >= 0.6 is 11.6 Å². The standard InChI is InChI=1S/C12H17ClFNO2/c1-2-16-9(8-15)6-7-17-12-10(13)4-3-5-11(12)14/h3-5,9H,2,6-8,15H2,1H3. The van der Waals surface area contributed by atoms with E-state index in [0.717, 1.165) is 0 Å². The molecule has 1 aromatic rings. The number of halogens is 2. The molecule has 0 aromatic heterocycles. The Kier molecular flexibility index (Phi) is 6.26. The Morgan fingerprint density at radius 2 is 2.24 bits per heavy atom. The van der Waals surface area contributed by atoms with E-state index in [2.05, 4.69) is 0 Å². The van der Waals surface area contributed by atoms with Crippen molar-refractivity contribution in [2.45, 2.75) is 19.4 Å². The molecule has 0 fully saturated rings. The Morgan fingerprint density at radius 3 is 2.82 bits per heavy atom. The molecule has 1 aromatic carbocycles. The Bertz CT molecular complexity index is 329. The fourth-order valence-electron chi connectivity index (χ4n) is 1.42. The van der Waals surface area contributed by atoms with Crippen LogP contribution in [-0.4, -0.2) is 25.9 Å². The quantitative estimate of drug-likeness (QED) is 0.821. The fraction of sp³-hybridized carbons (Fsp3) is 0.500. The maximum absolute atomic E-state index is 13.3. The zero-order valence-corrected chi connectivity index (χ0v) is 10.5. The van der Waals surface area contributed by atoms with Crippen molar-refractivity contribution in [2.24, 2.45) is 5.73 Å². The number of benzene rings is 1. The molecule has 96 valence electrons. The van der Waals surface area contributed by atoms with Crippen LogP contribution in [0.25, 0.3) is 0 Å². The van der Waals surface area contributed by atoms with Gasteiger partial charge < -0.3 is 15.2 Å². The van der Waals surface area contributed by atoms with Crippen LogP contribution in [0.4, 0.5) is 4.39 Å². The average Bonchev–Trinajstić information content (AvgIpc) is 2.31. The summed E-state index contributed by atoms with van der Waals surface area (Å²) in [5.74, 6) is -0.375. The van der Waals surface area contributed by atoms with Gasteiger partial charge >= 0.3 is 0 Å². The molecular weight excluding hydrogens is 245 g/mol. The van der Waals surface area contributed by atoms with Gasteiger partial charge in [0.15, 0.2) is 11.6 Å². The van der Waals surface area contributed by atoms with E-state index in [-0.39, 0.29) is 16.9 Å². The number of nitrogens with two attached hydrogens (primary N) is 1. The predicted octanol–water partition coefficient (Wildman–Crippen LogP) is 2.61. The van der Waals surface area contributed by atoms with Crippen LogP contribution < -0.4 is 10.5 Å². The largest absolute Gasteiger partial charge is 0.489 e. The first-order valence-electron chi connectivity index (χ1n) is 5.57. The summed E-state index contributed by atoms with van der Waals surface area (Å²) in [6, 6.07) is 4.43. The molecule has 0 saturated heterocycles. The summed E-state index contributed by atoms with van der Waals surface area (Å²) in [5.41, 5.74) is 5.52. The first-order chi connectivity index (χ1) is 8.19. The lowest BCUT2D eigenvalue weighted by molar-refractivity contribution is 0.0523. The third-order valence-electron chi connectivity index (χ3n) is 2.27. The molecule has 0 radical (unpaired) electrons. The SMILES string of the molecule is CCOC(CN)CCOc1c(F)cccc1Cl. The fourth-order valence-corrected chi connectivity index (χ4v) is 1.64. The third-order valence-corrected chi connectivity index (χ3v) is 2.57. The van der Waals surface area contributed by atoms with Crippen LogP contribution in [-0.2, 0) is 4.74 Å². The van der Waals surface area contributed by atoms with E-state index < -0.39 is 5.82 Å². The maximum atomic E-state index is 13.3. The summed E-state index contributed by atoms with van der Waals surface area (Å²) >= 11 is 5.82. The second kappa shape index (κ2) is 7.48. The minimum Gasteiger partial charge on any atom is -0.489 e. The van der Waals surface area contributed by atoms with Gasteiger partial charge in [0.1, 0.15) is 0 Å². The maximum Gasteiger partial charge on any atom is 0.173 e. The first kappa shape index (κ1) is 14.2. The molecule has 0 aliphatic heterocycles. The van der Waals surface area contributed by atoms with Crippen molar-refractivity contribution in [3.05, 3.63) is 29.0 Å². The first-order valence-corrected chi connectivity index (χ1v) is 5.95. The van der Waals surface area contributed by atoms with Gasteiger partial charge in [-0.15, -0.1) is 0 Å². The van der Waals surface area contributed by atoms with E-state index in [1.54, 1.807) is 6.07 Å². The molecule has 17 heavy (non-hydrogen) atoms. The highest BCUT2D eigenvalue weighted by molar-refractivity contribution is 6.32. The van der Waals surface area contributed by atoms with Gasteiger partial charge in [-0.3, -0.25) is 0 Å². The molecule has 1 unspecified atom stereocenters. The van der Waals surface area contributed by atoms with Crippen molar-refractivity contribution in [1.82, 2.24) is 0 Å². The third kappa shape index (κ3) is 4.50. The molecular formula is C12H17ClFNO2. The second-order valence-electron chi connectivity index (χ2n) is 3.50. The highest BCUT2D eigenvalue weighted by Gasteiger charge is 2.10. The molecule has 1 rings (SSSR count). The van der Waals surface area contributed by atoms with Crippen molar-refractivity contribution in [2.75, 3.05) is 19.8 Å². The van der Waals surface area contributed by atoms with Crippen LogP contribution in [0.1, 0.15) is 13.3 Å². The molecule has 2 N–H and O–H groups in total. The van der Waals surface area contributed by atoms with Gasteiger partial charge in [0.2, 0.25) is 0 Å². The molecule has 5 heteroatoms. The Morgan fingerprint density at radius 1 is 1.47 bits per heavy atom. The summed E-state index contributed by atoms with van der Waals surface area (Å²) in [4.78, 5) is 0. The van der Waals surface area contributed by atoms with E-state index >= 15 is 0 Å². The van der Waals surface area contributed by atoms with Gasteiger partial charge in [0, 0.05) is 19.6 Å². The van der Waals surface area contributed by atoms with E-state index in [9.17, 15) is 4.39 Å². The molecule has 0 heterocycles. The minimum atomic E-state index is -0.460. The van der Waals surface area contributed by atoms with Crippen molar-refractivity contribution < 1.29 is 13.9 Å². The van der Waals surface area contributed by atoms with Crippen molar-refractivity contribution >= 4 is 11.6 Å². The highest BCUT2D eigenvalue weighted by atomic mass is 35.5. The van der Waals surface area contributed by atoms with Crippen molar-refractivity contribution in [3.63, 3.8) is 0 Å². The monoisotopic (exact) mass is 261 g/mol. The van der Waals surface area contributed by atoms with Gasteiger partial charge in [-0.05, 0) is 19.1 Å². The Balaban J connectivity index is 2.45. The van der Waals surface area contributed by atoms with Gasteiger partial charge in [0.25, 0.3) is 0 Å². The lowest BCUT2D eigenvalue weighted by atomic mass is 10.2. The molecule has 0 aliphatic rings. The summed E-state index contributed by atoms with van der Waals surface area (Å²) in [7, 11) is 0. The van der Waals surface area contributed by atoms with E-state index in [0.29, 0.717) is 26.2 Å². The summed E-state index contributed by atoms with van der Waals surface area (Å²) in [6.07, 6.45) is 0.542. The van der Waals surface area contributed by atoms with E-state index in [4.69, 9.17) is 26.8 Å². The summed E-state index contributed by atoms with van der Waals surface area (Å²) in [6.45, 7) is 3.24. The lowest BCUT2D eigenvalue weighted by Gasteiger charge is -2.15. The molecule has 0 saturated carbocycles. The molecule has 1 atom stereocenters. The average molecular weight is 262 g/mol. The van der Waals surface area contributed by atoms with Crippen LogP contribution in [0.5, 0.6) is 5.75 Å². The molecule has 0 bridgehead atoms. The topological polar surface area (TPSA) is 44.5 Å². The van der Waals surface area contributed by atoms with Crippen LogP contribution in [0.3, 0.4) is 0 Å². The van der Waals surface area contributed by atoms with Gasteiger partial charge in [-0.25, -0.2) is 4.39 Å². The predicted molar refractivity (Wildman–Crippen MR) is 66.0 cm³/mol. The highest BCUT2D eigenvalue weighted by Crippen LogP contribution is 2.27.